The number of hydrogen-bond acceptors (Lipinski definition) is 6. The van der Waals surface area contributed by atoms with Crippen LogP contribution in [-0.4, -0.2) is 24.7 Å². The second-order valence-corrected chi connectivity index (χ2v) is 7.08. The summed E-state index contributed by atoms with van der Waals surface area (Å²) >= 11 is 0. The van der Waals surface area contributed by atoms with Crippen LogP contribution in [0.1, 0.15) is 18.0 Å². The number of aryl methyl sites for hydroxylation is 1. The van der Waals surface area contributed by atoms with E-state index >= 15 is 0 Å². The lowest BCUT2D eigenvalue weighted by Crippen LogP contribution is -1.99. The molecule has 0 aliphatic carbocycles. The lowest BCUT2D eigenvalue weighted by atomic mass is 10.2. The predicted octanol–water partition coefficient (Wildman–Crippen LogP) is 5.20. The fraction of sp³-hybridized carbons (Fsp3) is 0.130. The Labute approximate surface area is 181 Å². The molecule has 0 saturated carbocycles. The van der Waals surface area contributed by atoms with Gasteiger partial charge in [0.05, 0.1) is 22.3 Å². The normalized spacial score (nSPS) is 11.4. The minimum Gasteiger partial charge on any atom is -0.487 e. The molecular formula is C23H17F2N5O2. The van der Waals surface area contributed by atoms with Gasteiger partial charge in [-0.2, -0.15) is 8.78 Å². The zero-order valence-corrected chi connectivity index (χ0v) is 16.9. The number of rotatable bonds is 6. The maximum absolute atomic E-state index is 12.6. The van der Waals surface area contributed by atoms with Crippen LogP contribution in [0.25, 0.3) is 33.9 Å². The molecule has 0 bridgehead atoms. The van der Waals surface area contributed by atoms with E-state index in [0.29, 0.717) is 17.0 Å². The van der Waals surface area contributed by atoms with E-state index in [4.69, 9.17) is 14.1 Å². The highest BCUT2D eigenvalue weighted by molar-refractivity contribution is 5.80. The molecule has 0 fully saturated rings. The molecule has 2 aromatic carbocycles. The van der Waals surface area contributed by atoms with E-state index in [1.54, 1.807) is 12.1 Å². The van der Waals surface area contributed by atoms with Gasteiger partial charge >= 0.3 is 6.43 Å². The molecular weight excluding hydrogens is 416 g/mol. The molecule has 0 radical (unpaired) electrons. The standard InChI is InChI=1S/C23H17F2N5O2/c1-30-19-8-3-2-7-18(19)27-21(30)14-5-4-6-17(11-14)31-13-16-10-9-15(12-26-16)22-28-29-23(32-22)20(24)25/h2-12,20H,13H2,1H3. The highest BCUT2D eigenvalue weighted by Crippen LogP contribution is 2.27. The Kier molecular flexibility index (Phi) is 5.06. The molecule has 5 aromatic rings. The molecule has 3 aromatic heterocycles. The van der Waals surface area contributed by atoms with E-state index < -0.39 is 12.3 Å². The van der Waals surface area contributed by atoms with Crippen molar-refractivity contribution < 1.29 is 17.9 Å². The van der Waals surface area contributed by atoms with Crippen LogP contribution in [0.4, 0.5) is 8.78 Å². The quantitative estimate of drug-likeness (QED) is 0.366. The van der Waals surface area contributed by atoms with Crippen molar-refractivity contribution in [3.8, 4) is 28.6 Å². The zero-order valence-electron chi connectivity index (χ0n) is 16.9. The predicted molar refractivity (Wildman–Crippen MR) is 113 cm³/mol. The smallest absolute Gasteiger partial charge is 0.314 e. The number of hydrogen-bond donors (Lipinski definition) is 0. The van der Waals surface area contributed by atoms with Gasteiger partial charge in [-0.15, -0.1) is 10.2 Å². The number of para-hydroxylation sites is 2. The van der Waals surface area contributed by atoms with Gasteiger partial charge in [0.25, 0.3) is 5.89 Å². The maximum atomic E-state index is 12.6. The van der Waals surface area contributed by atoms with Crippen molar-refractivity contribution in [3.05, 3.63) is 78.4 Å². The molecule has 32 heavy (non-hydrogen) atoms. The Hall–Kier alpha value is -4.14. The summed E-state index contributed by atoms with van der Waals surface area (Å²) < 4.78 is 38.1. The molecule has 0 atom stereocenters. The topological polar surface area (TPSA) is 78.9 Å². The van der Waals surface area contributed by atoms with Crippen molar-refractivity contribution in [2.24, 2.45) is 7.05 Å². The van der Waals surface area contributed by atoms with Gasteiger partial charge in [-0.3, -0.25) is 4.98 Å². The third kappa shape index (κ3) is 3.80. The minimum absolute atomic E-state index is 0.00424. The van der Waals surface area contributed by atoms with E-state index in [1.165, 1.54) is 6.20 Å². The van der Waals surface area contributed by atoms with Crippen molar-refractivity contribution >= 4 is 11.0 Å². The lowest BCUT2D eigenvalue weighted by Gasteiger charge is -2.08. The monoisotopic (exact) mass is 433 g/mol. The fourth-order valence-corrected chi connectivity index (χ4v) is 3.36. The van der Waals surface area contributed by atoms with Crippen LogP contribution in [0.15, 0.2) is 71.3 Å². The average Bonchev–Trinajstić information content (AvgIpc) is 3.44. The number of alkyl halides is 2. The molecule has 160 valence electrons. The Morgan fingerprint density at radius 1 is 1.00 bits per heavy atom. The molecule has 9 heteroatoms. The summed E-state index contributed by atoms with van der Waals surface area (Å²) in [5.41, 5.74) is 4.05. The van der Waals surface area contributed by atoms with Gasteiger partial charge in [-0.25, -0.2) is 4.98 Å². The van der Waals surface area contributed by atoms with Gasteiger partial charge in [-0.1, -0.05) is 24.3 Å². The molecule has 0 saturated heterocycles. The van der Waals surface area contributed by atoms with E-state index in [9.17, 15) is 8.78 Å². The highest BCUT2D eigenvalue weighted by atomic mass is 19.3. The molecule has 0 aliphatic heterocycles. The Morgan fingerprint density at radius 3 is 2.62 bits per heavy atom. The summed E-state index contributed by atoms with van der Waals surface area (Å²) in [5.74, 6) is 0.809. The zero-order chi connectivity index (χ0) is 22.1. The first-order valence-electron chi connectivity index (χ1n) is 9.80. The number of pyridine rings is 1. The van der Waals surface area contributed by atoms with Crippen molar-refractivity contribution in [1.82, 2.24) is 24.7 Å². The van der Waals surface area contributed by atoms with Gasteiger partial charge < -0.3 is 13.7 Å². The Bertz CT molecular complexity index is 1380. The summed E-state index contributed by atoms with van der Waals surface area (Å²) in [5, 5.41) is 6.93. The molecule has 0 amide bonds. The number of imidazole rings is 1. The summed E-state index contributed by atoms with van der Waals surface area (Å²) in [7, 11) is 1.98. The summed E-state index contributed by atoms with van der Waals surface area (Å²) in [6.07, 6.45) is -1.33. The number of benzene rings is 2. The van der Waals surface area contributed by atoms with Crippen LogP contribution in [0.2, 0.25) is 0 Å². The van der Waals surface area contributed by atoms with Crippen molar-refractivity contribution in [2.45, 2.75) is 13.0 Å². The third-order valence-electron chi connectivity index (χ3n) is 4.97. The van der Waals surface area contributed by atoms with Crippen molar-refractivity contribution in [1.29, 1.82) is 0 Å². The van der Waals surface area contributed by atoms with Gasteiger partial charge in [0.1, 0.15) is 18.2 Å². The maximum Gasteiger partial charge on any atom is 0.314 e. The van der Waals surface area contributed by atoms with E-state index in [0.717, 1.165) is 22.4 Å². The van der Waals surface area contributed by atoms with Crippen LogP contribution in [0, 0.1) is 0 Å². The van der Waals surface area contributed by atoms with Crippen LogP contribution >= 0.6 is 0 Å². The molecule has 0 unspecified atom stereocenters. The minimum atomic E-state index is -2.81. The second-order valence-electron chi connectivity index (χ2n) is 7.08. The fourth-order valence-electron chi connectivity index (χ4n) is 3.36. The van der Waals surface area contributed by atoms with Gasteiger partial charge in [0, 0.05) is 18.8 Å². The molecule has 0 aliphatic rings. The average molecular weight is 433 g/mol. The summed E-state index contributed by atoms with van der Waals surface area (Å²) in [6.45, 7) is 0.235. The third-order valence-corrected chi connectivity index (χ3v) is 4.97. The molecule has 5 rings (SSSR count). The van der Waals surface area contributed by atoms with Gasteiger partial charge in [0.2, 0.25) is 5.89 Å². The van der Waals surface area contributed by atoms with Crippen LogP contribution in [0.5, 0.6) is 5.75 Å². The first-order chi connectivity index (χ1) is 15.6. The number of halogens is 2. The number of ether oxygens (including phenoxy) is 1. The van der Waals surface area contributed by atoms with E-state index in [2.05, 4.69) is 15.2 Å². The molecule has 0 spiro atoms. The van der Waals surface area contributed by atoms with Crippen LogP contribution < -0.4 is 4.74 Å². The first kappa shape index (κ1) is 19.8. The second kappa shape index (κ2) is 8.18. The van der Waals surface area contributed by atoms with Crippen molar-refractivity contribution in [3.63, 3.8) is 0 Å². The summed E-state index contributed by atoms with van der Waals surface area (Å²) in [6, 6.07) is 19.1. The van der Waals surface area contributed by atoms with E-state index in [1.807, 2.05) is 60.1 Å². The molecule has 3 heterocycles. The van der Waals surface area contributed by atoms with Crippen LogP contribution in [-0.2, 0) is 13.7 Å². The first-order valence-corrected chi connectivity index (χ1v) is 9.80. The number of fused-ring (bicyclic) bond motifs is 1. The van der Waals surface area contributed by atoms with Gasteiger partial charge in [-0.05, 0) is 36.4 Å². The lowest BCUT2D eigenvalue weighted by molar-refractivity contribution is 0.116. The van der Waals surface area contributed by atoms with Gasteiger partial charge in [0.15, 0.2) is 0 Å². The SMILES string of the molecule is Cn1c(-c2cccc(OCc3ccc(-c4nnc(C(F)F)o4)cn3)c2)nc2ccccc21. The highest BCUT2D eigenvalue weighted by Gasteiger charge is 2.17. The summed E-state index contributed by atoms with van der Waals surface area (Å²) in [4.78, 5) is 9.01. The van der Waals surface area contributed by atoms with Crippen molar-refractivity contribution in [2.75, 3.05) is 0 Å². The number of nitrogens with zero attached hydrogens (tertiary/aromatic N) is 5. The van der Waals surface area contributed by atoms with Crippen LogP contribution in [0.3, 0.4) is 0 Å². The number of aromatic nitrogens is 5. The largest absolute Gasteiger partial charge is 0.487 e. The molecule has 0 N–H and O–H groups in total. The Morgan fingerprint density at radius 2 is 1.88 bits per heavy atom. The molecule has 7 nitrogen and oxygen atoms in total. The van der Waals surface area contributed by atoms with E-state index in [-0.39, 0.29) is 12.5 Å². The Balaban J connectivity index is 1.30.